The molecule has 0 saturated carbocycles. The minimum atomic E-state index is -0.335. The lowest BCUT2D eigenvalue weighted by Crippen LogP contribution is -2.25. The summed E-state index contributed by atoms with van der Waals surface area (Å²) in [5, 5.41) is 6.13. The van der Waals surface area contributed by atoms with Crippen LogP contribution in [0.3, 0.4) is 0 Å². The van der Waals surface area contributed by atoms with Crippen LogP contribution in [0.1, 0.15) is 36.3 Å². The van der Waals surface area contributed by atoms with Crippen LogP contribution >= 0.6 is 11.3 Å². The number of anilines is 2. The van der Waals surface area contributed by atoms with Gasteiger partial charge in [0.25, 0.3) is 11.8 Å². The predicted octanol–water partition coefficient (Wildman–Crippen LogP) is 3.95. The Morgan fingerprint density at radius 1 is 1.10 bits per heavy atom. The van der Waals surface area contributed by atoms with Crippen LogP contribution in [0.15, 0.2) is 42.5 Å². The van der Waals surface area contributed by atoms with E-state index in [0.29, 0.717) is 27.7 Å². The number of benzene rings is 2. The largest absolute Gasteiger partial charge is 0.497 e. The summed E-state index contributed by atoms with van der Waals surface area (Å²) in [5.74, 6) is -0.130. The van der Waals surface area contributed by atoms with E-state index in [-0.39, 0.29) is 11.8 Å². The zero-order valence-electron chi connectivity index (χ0n) is 17.7. The van der Waals surface area contributed by atoms with E-state index < -0.39 is 0 Å². The summed E-state index contributed by atoms with van der Waals surface area (Å²) in [6.45, 7) is 3.71. The van der Waals surface area contributed by atoms with Gasteiger partial charge in [-0.25, -0.2) is 4.98 Å². The predicted molar refractivity (Wildman–Crippen MR) is 122 cm³/mol. The molecule has 1 aliphatic heterocycles. The Morgan fingerprint density at radius 3 is 2.61 bits per heavy atom. The summed E-state index contributed by atoms with van der Waals surface area (Å²) in [7, 11) is 3.59. The van der Waals surface area contributed by atoms with E-state index in [1.165, 1.54) is 18.4 Å². The van der Waals surface area contributed by atoms with Crippen molar-refractivity contribution in [2.75, 3.05) is 31.3 Å². The Balaban J connectivity index is 1.57. The second kappa shape index (κ2) is 8.87. The number of hydrogen-bond acceptors (Lipinski definition) is 6. The minimum Gasteiger partial charge on any atom is -0.497 e. The molecule has 1 aliphatic rings. The Labute approximate surface area is 185 Å². The van der Waals surface area contributed by atoms with Crippen LogP contribution < -0.4 is 15.4 Å². The first-order valence-electron chi connectivity index (χ1n) is 9.97. The van der Waals surface area contributed by atoms with Gasteiger partial charge in [0.05, 0.1) is 24.1 Å². The van der Waals surface area contributed by atoms with E-state index in [4.69, 9.17) is 4.74 Å². The number of amides is 2. The molecular formula is C23H24N4O3S. The average Bonchev–Trinajstić information content (AvgIpc) is 3.19. The number of thiazole rings is 1. The van der Waals surface area contributed by atoms with Crippen molar-refractivity contribution in [3.63, 3.8) is 0 Å². The first kappa shape index (κ1) is 21.0. The van der Waals surface area contributed by atoms with Gasteiger partial charge in [0.2, 0.25) is 0 Å². The fraction of sp³-hybridized carbons (Fsp3) is 0.261. The van der Waals surface area contributed by atoms with Gasteiger partial charge in [-0.1, -0.05) is 17.7 Å². The first-order valence-corrected chi connectivity index (χ1v) is 10.8. The summed E-state index contributed by atoms with van der Waals surface area (Å²) in [5.41, 5.74) is 3.48. The van der Waals surface area contributed by atoms with E-state index in [0.717, 1.165) is 35.6 Å². The smallest absolute Gasteiger partial charge is 0.284 e. The number of aryl methyl sites for hydroxylation is 1. The molecule has 3 aromatic rings. The lowest BCUT2D eigenvalue weighted by atomic mass is 10.1. The molecule has 0 saturated heterocycles. The highest BCUT2D eigenvalue weighted by Crippen LogP contribution is 2.27. The molecule has 2 amide bonds. The van der Waals surface area contributed by atoms with Gasteiger partial charge in [0, 0.05) is 30.1 Å². The second-order valence-electron chi connectivity index (χ2n) is 7.56. The molecule has 0 unspecified atom stereocenters. The van der Waals surface area contributed by atoms with Gasteiger partial charge >= 0.3 is 0 Å². The monoisotopic (exact) mass is 436 g/mol. The molecule has 1 aromatic heterocycles. The maximum atomic E-state index is 13.0. The highest BCUT2D eigenvalue weighted by molar-refractivity contribution is 7.13. The van der Waals surface area contributed by atoms with E-state index in [2.05, 4.69) is 27.6 Å². The summed E-state index contributed by atoms with van der Waals surface area (Å²) in [4.78, 5) is 33.7. The number of fused-ring (bicyclic) bond motifs is 1. The van der Waals surface area contributed by atoms with Crippen molar-refractivity contribution in [3.05, 3.63) is 69.2 Å². The molecule has 0 fully saturated rings. The summed E-state index contributed by atoms with van der Waals surface area (Å²) in [6, 6.07) is 12.5. The van der Waals surface area contributed by atoms with Crippen LogP contribution in [0.5, 0.6) is 5.75 Å². The molecule has 0 atom stereocenters. The molecular weight excluding hydrogens is 412 g/mol. The highest BCUT2D eigenvalue weighted by atomic mass is 32.1. The molecule has 7 nitrogen and oxygen atoms in total. The maximum absolute atomic E-state index is 13.0. The number of hydrogen-bond donors (Lipinski definition) is 2. The Bertz CT molecular complexity index is 1120. The number of aromatic nitrogens is 1. The Morgan fingerprint density at radius 2 is 1.87 bits per heavy atom. The molecule has 2 heterocycles. The molecule has 8 heteroatoms. The van der Waals surface area contributed by atoms with Crippen molar-refractivity contribution in [1.82, 2.24) is 9.88 Å². The molecule has 0 aliphatic carbocycles. The van der Waals surface area contributed by atoms with E-state index in [1.807, 2.05) is 31.2 Å². The van der Waals surface area contributed by atoms with Crippen molar-refractivity contribution in [1.29, 1.82) is 0 Å². The number of rotatable bonds is 5. The van der Waals surface area contributed by atoms with Gasteiger partial charge in [-0.05, 0) is 44.3 Å². The lowest BCUT2D eigenvalue weighted by molar-refractivity contribution is 0.102. The quantitative estimate of drug-likeness (QED) is 0.633. The van der Waals surface area contributed by atoms with Gasteiger partial charge in [0.1, 0.15) is 5.75 Å². The van der Waals surface area contributed by atoms with Crippen LogP contribution in [0.4, 0.5) is 11.4 Å². The number of methoxy groups -OCH3 is 1. The van der Waals surface area contributed by atoms with E-state index in [1.54, 1.807) is 18.2 Å². The molecule has 2 aromatic carbocycles. The van der Waals surface area contributed by atoms with Crippen molar-refractivity contribution < 1.29 is 14.3 Å². The molecule has 0 bridgehead atoms. The molecule has 31 heavy (non-hydrogen) atoms. The first-order chi connectivity index (χ1) is 14.9. The highest BCUT2D eigenvalue weighted by Gasteiger charge is 2.23. The van der Waals surface area contributed by atoms with Gasteiger partial charge in [0.15, 0.2) is 5.01 Å². The number of carbonyl (C=O) groups excluding carboxylic acids is 2. The maximum Gasteiger partial charge on any atom is 0.284 e. The summed E-state index contributed by atoms with van der Waals surface area (Å²) < 4.78 is 5.27. The van der Waals surface area contributed by atoms with Gasteiger partial charge in [-0.15, -0.1) is 11.3 Å². The van der Waals surface area contributed by atoms with Crippen molar-refractivity contribution in [2.45, 2.75) is 19.9 Å². The Hall–Kier alpha value is -3.23. The summed E-state index contributed by atoms with van der Waals surface area (Å²) in [6.07, 6.45) is 0.836. The average molecular weight is 437 g/mol. The number of nitrogens with one attached hydrogen (secondary N) is 2. The fourth-order valence-corrected chi connectivity index (χ4v) is 4.46. The van der Waals surface area contributed by atoms with Crippen LogP contribution in [-0.2, 0) is 13.0 Å². The standard InChI is InChI=1S/C23H24N4O3S/c1-14-4-6-15(7-5-14)24-21(28)17-12-16(30-3)8-9-18(17)25-22(29)23-26-19-10-11-27(2)13-20(19)31-23/h4-9,12H,10-11,13H2,1-3H3,(H,24,28)(H,25,29). The van der Waals surface area contributed by atoms with Crippen molar-refractivity contribution in [2.24, 2.45) is 0 Å². The van der Waals surface area contributed by atoms with Gasteiger partial charge in [-0.2, -0.15) is 0 Å². The third-order valence-corrected chi connectivity index (χ3v) is 6.23. The SMILES string of the molecule is COc1ccc(NC(=O)c2nc3c(s2)CN(C)CC3)c(C(=O)Nc2ccc(C)cc2)c1. The molecule has 2 N–H and O–H groups in total. The number of likely N-dealkylation sites (N-methyl/N-ethyl adjacent to an activating group) is 1. The van der Waals surface area contributed by atoms with Crippen LogP contribution in [0, 0.1) is 6.92 Å². The van der Waals surface area contributed by atoms with Gasteiger partial charge < -0.3 is 20.3 Å². The number of carbonyl (C=O) groups is 2. The van der Waals surface area contributed by atoms with Crippen LogP contribution in [-0.4, -0.2) is 42.4 Å². The zero-order valence-corrected chi connectivity index (χ0v) is 18.5. The van der Waals surface area contributed by atoms with Gasteiger partial charge in [-0.3, -0.25) is 9.59 Å². The van der Waals surface area contributed by atoms with Crippen LogP contribution in [0.25, 0.3) is 0 Å². The number of ether oxygens (including phenoxy) is 1. The molecule has 4 rings (SSSR count). The number of nitrogens with zero attached hydrogens (tertiary/aromatic N) is 2. The van der Waals surface area contributed by atoms with Crippen molar-refractivity contribution in [3.8, 4) is 5.75 Å². The zero-order chi connectivity index (χ0) is 22.0. The van der Waals surface area contributed by atoms with E-state index in [9.17, 15) is 9.59 Å². The fourth-order valence-electron chi connectivity index (χ4n) is 3.38. The molecule has 160 valence electrons. The van der Waals surface area contributed by atoms with Crippen molar-refractivity contribution >= 4 is 34.5 Å². The lowest BCUT2D eigenvalue weighted by Gasteiger charge is -2.20. The van der Waals surface area contributed by atoms with E-state index >= 15 is 0 Å². The normalized spacial score (nSPS) is 13.4. The molecule has 0 radical (unpaired) electrons. The summed E-state index contributed by atoms with van der Waals surface area (Å²) >= 11 is 1.40. The topological polar surface area (TPSA) is 83.6 Å². The molecule has 0 spiro atoms. The third kappa shape index (κ3) is 4.76. The third-order valence-electron chi connectivity index (χ3n) is 5.15. The minimum absolute atomic E-state index is 0.314. The second-order valence-corrected chi connectivity index (χ2v) is 8.65. The Kier molecular flexibility index (Phi) is 6.01. The van der Waals surface area contributed by atoms with Crippen LogP contribution in [0.2, 0.25) is 0 Å².